The van der Waals surface area contributed by atoms with E-state index in [9.17, 15) is 4.79 Å². The number of hydrogen-bond donors (Lipinski definition) is 5. The minimum Gasteiger partial charge on any atom is -0.338 e. The molecular formula is C22H22N6O3S2. The van der Waals surface area contributed by atoms with E-state index in [4.69, 9.17) is 20.6 Å². The van der Waals surface area contributed by atoms with E-state index in [0.29, 0.717) is 12.4 Å². The fraction of sp³-hybridized carbons (Fsp3) is 0.0909. The number of hydrogen-bond acceptors (Lipinski definition) is 9. The van der Waals surface area contributed by atoms with Gasteiger partial charge in [0, 0.05) is 57.7 Å². The Balaban J connectivity index is 0.00000149. The molecule has 11 heteroatoms. The average Bonchev–Trinajstić information content (AvgIpc) is 3.36. The summed E-state index contributed by atoms with van der Waals surface area (Å²) in [6.45, 7) is 2.39. The predicted molar refractivity (Wildman–Crippen MR) is 132 cm³/mol. The number of urea groups is 1. The SMILES string of the molecule is CCNC(=O)Nc1cc(-c2nc(-c3ccccc3)cs2)c(-c2cncc(SN)c2)cn1.OO. The second-order valence-corrected chi connectivity index (χ2v) is 8.10. The van der Waals surface area contributed by atoms with E-state index in [1.54, 1.807) is 18.6 Å². The number of benzene rings is 1. The fourth-order valence-electron chi connectivity index (χ4n) is 3.02. The van der Waals surface area contributed by atoms with Crippen LogP contribution < -0.4 is 15.8 Å². The van der Waals surface area contributed by atoms with Gasteiger partial charge in [-0.05, 0) is 31.0 Å². The van der Waals surface area contributed by atoms with Gasteiger partial charge in [0.1, 0.15) is 10.8 Å². The summed E-state index contributed by atoms with van der Waals surface area (Å²) in [6.07, 6.45) is 5.20. The minimum atomic E-state index is -0.305. The van der Waals surface area contributed by atoms with Crippen LogP contribution in [0.25, 0.3) is 33.0 Å². The molecule has 6 N–H and O–H groups in total. The zero-order chi connectivity index (χ0) is 23.6. The van der Waals surface area contributed by atoms with E-state index in [2.05, 4.69) is 20.6 Å². The van der Waals surface area contributed by atoms with E-state index in [0.717, 1.165) is 49.8 Å². The van der Waals surface area contributed by atoms with Crippen LogP contribution in [0.3, 0.4) is 0 Å². The molecule has 1 aromatic carbocycles. The van der Waals surface area contributed by atoms with Crippen LogP contribution in [0.5, 0.6) is 0 Å². The van der Waals surface area contributed by atoms with E-state index in [-0.39, 0.29) is 6.03 Å². The largest absolute Gasteiger partial charge is 0.338 e. The highest BCUT2D eigenvalue weighted by molar-refractivity contribution is 7.97. The van der Waals surface area contributed by atoms with Crippen LogP contribution in [0.1, 0.15) is 6.92 Å². The number of aromatic nitrogens is 3. The zero-order valence-corrected chi connectivity index (χ0v) is 19.2. The van der Waals surface area contributed by atoms with Gasteiger partial charge in [0.25, 0.3) is 0 Å². The molecule has 0 radical (unpaired) electrons. The number of amides is 2. The Morgan fingerprint density at radius 1 is 1.09 bits per heavy atom. The number of carbonyl (C=O) groups is 1. The molecule has 0 atom stereocenters. The van der Waals surface area contributed by atoms with Gasteiger partial charge in [-0.15, -0.1) is 11.3 Å². The molecule has 0 spiro atoms. The van der Waals surface area contributed by atoms with Crippen molar-refractivity contribution in [3.05, 3.63) is 66.4 Å². The minimum absolute atomic E-state index is 0.305. The summed E-state index contributed by atoms with van der Waals surface area (Å²) in [5.41, 5.74) is 4.53. The van der Waals surface area contributed by atoms with Gasteiger partial charge in [0.2, 0.25) is 0 Å². The van der Waals surface area contributed by atoms with Gasteiger partial charge in [-0.3, -0.25) is 26.0 Å². The maximum atomic E-state index is 12.0. The quantitative estimate of drug-likeness (QED) is 0.146. The fourth-order valence-corrected chi connectivity index (χ4v) is 4.20. The Kier molecular flexibility index (Phi) is 8.87. The molecule has 9 nitrogen and oxygen atoms in total. The monoisotopic (exact) mass is 482 g/mol. The van der Waals surface area contributed by atoms with Crippen molar-refractivity contribution in [1.82, 2.24) is 20.3 Å². The number of nitrogens with one attached hydrogen (secondary N) is 2. The van der Waals surface area contributed by atoms with Gasteiger partial charge in [-0.25, -0.2) is 14.8 Å². The van der Waals surface area contributed by atoms with Crippen LogP contribution in [0, 0.1) is 0 Å². The van der Waals surface area contributed by atoms with Gasteiger partial charge >= 0.3 is 6.03 Å². The highest BCUT2D eigenvalue weighted by atomic mass is 32.2. The predicted octanol–water partition coefficient (Wildman–Crippen LogP) is 5.06. The van der Waals surface area contributed by atoms with E-state index in [1.807, 2.05) is 54.8 Å². The molecule has 4 aromatic rings. The van der Waals surface area contributed by atoms with Crippen molar-refractivity contribution in [3.8, 4) is 33.0 Å². The van der Waals surface area contributed by atoms with Crippen molar-refractivity contribution in [2.24, 2.45) is 5.14 Å². The van der Waals surface area contributed by atoms with Gasteiger partial charge in [0.15, 0.2) is 0 Å². The number of anilines is 1. The van der Waals surface area contributed by atoms with Crippen molar-refractivity contribution in [2.75, 3.05) is 11.9 Å². The molecule has 0 aliphatic heterocycles. The Morgan fingerprint density at radius 3 is 2.61 bits per heavy atom. The van der Waals surface area contributed by atoms with Gasteiger partial charge < -0.3 is 5.32 Å². The molecule has 0 aliphatic carbocycles. The van der Waals surface area contributed by atoms with Crippen molar-refractivity contribution in [2.45, 2.75) is 11.8 Å². The maximum Gasteiger partial charge on any atom is 0.320 e. The van der Waals surface area contributed by atoms with Crippen LogP contribution in [-0.2, 0) is 0 Å². The van der Waals surface area contributed by atoms with Crippen LogP contribution in [0.2, 0.25) is 0 Å². The normalized spacial score (nSPS) is 10.2. The molecular weight excluding hydrogens is 460 g/mol. The summed E-state index contributed by atoms with van der Waals surface area (Å²) in [5.74, 6) is 0.443. The Hall–Kier alpha value is -3.35. The standard InChI is InChI=1S/C22H20N6OS2.H2O2/c1-2-25-22(29)28-20-9-17(18(12-26-20)15-8-16(31-23)11-24-10-15)21-27-19(13-30-21)14-6-4-3-5-7-14;1-2/h3-13H,2,23H2,1H3,(H2,25,26,28,29);1-2H. The summed E-state index contributed by atoms with van der Waals surface area (Å²) in [4.78, 5) is 26.4. The number of rotatable bonds is 6. The number of nitrogens with two attached hydrogens (primary N) is 1. The first-order valence-corrected chi connectivity index (χ1v) is 11.5. The Bertz CT molecular complexity index is 1200. The first-order valence-electron chi connectivity index (χ1n) is 9.76. The molecule has 3 aromatic heterocycles. The lowest BCUT2D eigenvalue weighted by atomic mass is 10.0. The van der Waals surface area contributed by atoms with Crippen molar-refractivity contribution in [1.29, 1.82) is 0 Å². The third kappa shape index (κ3) is 6.12. The Labute approximate surface area is 198 Å². The third-order valence-electron chi connectivity index (χ3n) is 4.45. The summed E-state index contributed by atoms with van der Waals surface area (Å²) < 4.78 is 0. The second-order valence-electron chi connectivity index (χ2n) is 6.53. The number of nitrogens with zero attached hydrogens (tertiary/aromatic N) is 3. The first kappa shape index (κ1) is 24.3. The first-order chi connectivity index (χ1) is 16.2. The lowest BCUT2D eigenvalue weighted by Gasteiger charge is -2.11. The molecule has 0 saturated carbocycles. The maximum absolute atomic E-state index is 12.0. The highest BCUT2D eigenvalue weighted by Crippen LogP contribution is 2.37. The summed E-state index contributed by atoms with van der Waals surface area (Å²) >= 11 is 2.67. The third-order valence-corrected chi connectivity index (χ3v) is 5.82. The number of pyridine rings is 2. The van der Waals surface area contributed by atoms with Crippen LogP contribution in [0.15, 0.2) is 71.3 Å². The molecule has 0 aliphatic rings. The Morgan fingerprint density at radius 2 is 1.88 bits per heavy atom. The molecule has 4 rings (SSSR count). The molecule has 2 amide bonds. The molecule has 33 heavy (non-hydrogen) atoms. The van der Waals surface area contributed by atoms with E-state index < -0.39 is 0 Å². The van der Waals surface area contributed by atoms with Crippen molar-refractivity contribution in [3.63, 3.8) is 0 Å². The van der Waals surface area contributed by atoms with Crippen LogP contribution in [-0.4, -0.2) is 38.0 Å². The number of thiazole rings is 1. The number of carbonyl (C=O) groups excluding carboxylic acids is 1. The van der Waals surface area contributed by atoms with Gasteiger partial charge in [-0.1, -0.05) is 30.3 Å². The highest BCUT2D eigenvalue weighted by Gasteiger charge is 2.16. The van der Waals surface area contributed by atoms with Crippen molar-refractivity contribution < 1.29 is 15.3 Å². The lowest BCUT2D eigenvalue weighted by Crippen LogP contribution is -2.28. The molecule has 3 heterocycles. The molecule has 0 fully saturated rings. The van der Waals surface area contributed by atoms with Gasteiger partial charge in [0.05, 0.1) is 5.69 Å². The van der Waals surface area contributed by atoms with Crippen LogP contribution >= 0.6 is 23.3 Å². The van der Waals surface area contributed by atoms with Crippen LogP contribution in [0.4, 0.5) is 10.6 Å². The average molecular weight is 483 g/mol. The summed E-state index contributed by atoms with van der Waals surface area (Å²) in [5, 5.41) is 26.0. The summed E-state index contributed by atoms with van der Waals surface area (Å²) in [6, 6.07) is 13.5. The summed E-state index contributed by atoms with van der Waals surface area (Å²) in [7, 11) is 0. The van der Waals surface area contributed by atoms with Crippen molar-refractivity contribution >= 4 is 35.1 Å². The molecule has 0 bridgehead atoms. The van der Waals surface area contributed by atoms with Gasteiger partial charge in [-0.2, -0.15) is 0 Å². The van der Waals surface area contributed by atoms with E-state index in [1.165, 1.54) is 11.3 Å². The molecule has 0 saturated heterocycles. The zero-order valence-electron chi connectivity index (χ0n) is 17.6. The molecule has 0 unspecified atom stereocenters. The topological polar surface area (TPSA) is 146 Å². The van der Waals surface area contributed by atoms with E-state index >= 15 is 0 Å². The smallest absolute Gasteiger partial charge is 0.320 e. The second kappa shape index (κ2) is 12.0. The molecule has 170 valence electrons. The lowest BCUT2D eigenvalue weighted by molar-refractivity contribution is -0.176.